The second-order valence-corrected chi connectivity index (χ2v) is 7.53. The molecule has 0 radical (unpaired) electrons. The van der Waals surface area contributed by atoms with Gasteiger partial charge in [0, 0.05) is 27.8 Å². The van der Waals surface area contributed by atoms with Crippen LogP contribution in [0.4, 0.5) is 0 Å². The minimum Gasteiger partial charge on any atom is -0.441 e. The van der Waals surface area contributed by atoms with Crippen LogP contribution < -0.4 is 5.32 Å². The predicted octanol–water partition coefficient (Wildman–Crippen LogP) is 5.47. The van der Waals surface area contributed by atoms with Gasteiger partial charge < -0.3 is 9.73 Å². The van der Waals surface area contributed by atoms with Crippen molar-refractivity contribution in [3.05, 3.63) is 71.6 Å². The van der Waals surface area contributed by atoms with Crippen LogP contribution in [0.2, 0.25) is 0 Å². The Balaban J connectivity index is 1.69. The fraction of sp³-hybridized carbons (Fsp3) is 0.273. The first-order valence-corrected chi connectivity index (χ1v) is 10.1. The van der Waals surface area contributed by atoms with Gasteiger partial charge in [-0.1, -0.05) is 25.1 Å². The maximum absolute atomic E-state index is 12.2. The van der Waals surface area contributed by atoms with E-state index >= 15 is 0 Å². The Kier molecular flexibility index (Phi) is 6.35. The number of nitrogens with zero attached hydrogens (tertiary/aromatic N) is 1. The van der Waals surface area contributed by atoms with E-state index in [-0.39, 0.29) is 11.9 Å². The molecule has 1 amide bonds. The fourth-order valence-corrected chi connectivity index (χ4v) is 3.45. The number of benzene rings is 2. The summed E-state index contributed by atoms with van der Waals surface area (Å²) in [4.78, 5) is 18.0. The van der Waals surface area contributed by atoms with Crippen LogP contribution in [0.5, 0.6) is 0 Å². The highest BCUT2D eigenvalue weighted by atomic mass is 32.2. The van der Waals surface area contributed by atoms with E-state index in [1.54, 1.807) is 11.8 Å². The summed E-state index contributed by atoms with van der Waals surface area (Å²) in [5.41, 5.74) is 2.45. The number of thioether (sulfide) groups is 1. The second-order valence-electron chi connectivity index (χ2n) is 6.48. The number of nitrogens with one attached hydrogen (secondary N) is 1. The number of hydrogen-bond donors (Lipinski definition) is 1. The molecule has 2 aromatic carbocycles. The Labute approximate surface area is 164 Å². The van der Waals surface area contributed by atoms with E-state index in [1.165, 1.54) is 4.90 Å². The molecule has 140 valence electrons. The summed E-state index contributed by atoms with van der Waals surface area (Å²) in [7, 11) is 0. The van der Waals surface area contributed by atoms with Crippen molar-refractivity contribution in [2.75, 3.05) is 0 Å². The van der Waals surface area contributed by atoms with Crippen LogP contribution >= 0.6 is 11.8 Å². The van der Waals surface area contributed by atoms with E-state index in [4.69, 9.17) is 4.42 Å². The number of rotatable bonds is 7. The molecule has 3 aromatic rings. The number of oxazole rings is 1. The minimum atomic E-state index is -0.0561. The first-order chi connectivity index (χ1) is 13.1. The summed E-state index contributed by atoms with van der Waals surface area (Å²) in [5.74, 6) is 2.12. The number of carbonyl (C=O) groups is 1. The van der Waals surface area contributed by atoms with E-state index in [2.05, 4.69) is 22.4 Å². The summed E-state index contributed by atoms with van der Waals surface area (Å²) in [6, 6.07) is 17.8. The Bertz CT molecular complexity index is 888. The van der Waals surface area contributed by atoms with E-state index < -0.39 is 0 Å². The SMILES string of the molecule is CCC(C)NC(=O)c1ccc(-c2nc(CSc3ccccc3)c(C)o2)cc1. The lowest BCUT2D eigenvalue weighted by molar-refractivity contribution is 0.0939. The zero-order valence-corrected chi connectivity index (χ0v) is 16.7. The maximum Gasteiger partial charge on any atom is 0.251 e. The van der Waals surface area contributed by atoms with Crippen LogP contribution in [0, 0.1) is 6.92 Å². The van der Waals surface area contributed by atoms with E-state index in [1.807, 2.05) is 63.2 Å². The first kappa shape index (κ1) is 19.2. The maximum atomic E-state index is 12.2. The summed E-state index contributed by atoms with van der Waals surface area (Å²) in [5, 5.41) is 2.97. The van der Waals surface area contributed by atoms with Crippen molar-refractivity contribution in [2.45, 2.75) is 43.9 Å². The van der Waals surface area contributed by atoms with Crippen LogP contribution in [0.1, 0.15) is 42.1 Å². The molecule has 5 heteroatoms. The topological polar surface area (TPSA) is 55.1 Å². The van der Waals surface area contributed by atoms with Gasteiger partial charge in [0.25, 0.3) is 5.91 Å². The van der Waals surface area contributed by atoms with Crippen molar-refractivity contribution in [3.63, 3.8) is 0 Å². The third-order valence-corrected chi connectivity index (χ3v) is 5.42. The van der Waals surface area contributed by atoms with Gasteiger partial charge in [-0.25, -0.2) is 4.98 Å². The molecule has 1 heterocycles. The molecule has 0 bridgehead atoms. The fourth-order valence-electron chi connectivity index (χ4n) is 2.53. The molecule has 1 atom stereocenters. The highest BCUT2D eigenvalue weighted by molar-refractivity contribution is 7.98. The molecule has 1 unspecified atom stereocenters. The Morgan fingerprint density at radius 1 is 1.15 bits per heavy atom. The molecule has 0 aliphatic heterocycles. The standard InChI is InChI=1S/C22H24N2O2S/c1-4-15(2)23-21(25)17-10-12-18(13-11-17)22-24-20(16(3)26-22)14-27-19-8-6-5-7-9-19/h5-13,15H,4,14H2,1-3H3,(H,23,25). The Morgan fingerprint density at radius 3 is 2.52 bits per heavy atom. The largest absolute Gasteiger partial charge is 0.441 e. The lowest BCUT2D eigenvalue weighted by atomic mass is 10.1. The second kappa shape index (κ2) is 8.91. The molecule has 0 saturated heterocycles. The molecule has 3 rings (SSSR count). The zero-order valence-electron chi connectivity index (χ0n) is 15.9. The van der Waals surface area contributed by atoms with Gasteiger partial charge >= 0.3 is 0 Å². The monoisotopic (exact) mass is 380 g/mol. The number of aromatic nitrogens is 1. The first-order valence-electron chi connectivity index (χ1n) is 9.12. The normalized spacial score (nSPS) is 12.0. The summed E-state index contributed by atoms with van der Waals surface area (Å²) >= 11 is 1.73. The van der Waals surface area contributed by atoms with Crippen molar-refractivity contribution in [1.82, 2.24) is 10.3 Å². The van der Waals surface area contributed by atoms with Gasteiger partial charge in [0.2, 0.25) is 5.89 Å². The summed E-state index contributed by atoms with van der Waals surface area (Å²) in [6.07, 6.45) is 0.906. The van der Waals surface area contributed by atoms with Crippen LogP contribution in [0.3, 0.4) is 0 Å². The third kappa shape index (κ3) is 5.01. The van der Waals surface area contributed by atoms with Crippen molar-refractivity contribution in [3.8, 4) is 11.5 Å². The lowest BCUT2D eigenvalue weighted by Gasteiger charge is -2.11. The lowest BCUT2D eigenvalue weighted by Crippen LogP contribution is -2.31. The van der Waals surface area contributed by atoms with Crippen molar-refractivity contribution in [1.29, 1.82) is 0 Å². The van der Waals surface area contributed by atoms with E-state index in [0.29, 0.717) is 11.5 Å². The van der Waals surface area contributed by atoms with Crippen LogP contribution in [-0.2, 0) is 5.75 Å². The molecular weight excluding hydrogens is 356 g/mol. The van der Waals surface area contributed by atoms with Gasteiger partial charge in [0.15, 0.2) is 0 Å². The minimum absolute atomic E-state index is 0.0561. The van der Waals surface area contributed by atoms with Crippen LogP contribution in [-0.4, -0.2) is 16.9 Å². The quantitative estimate of drug-likeness (QED) is 0.552. The average molecular weight is 381 g/mol. The number of amides is 1. The van der Waals surface area contributed by atoms with Gasteiger partial charge in [-0.2, -0.15) is 0 Å². The molecule has 0 aliphatic rings. The van der Waals surface area contributed by atoms with E-state index in [0.717, 1.165) is 29.2 Å². The molecule has 0 aliphatic carbocycles. The van der Waals surface area contributed by atoms with Crippen LogP contribution in [0.15, 0.2) is 63.9 Å². The van der Waals surface area contributed by atoms with Gasteiger partial charge in [-0.15, -0.1) is 11.8 Å². The highest BCUT2D eigenvalue weighted by Crippen LogP contribution is 2.27. The smallest absolute Gasteiger partial charge is 0.251 e. The number of hydrogen-bond acceptors (Lipinski definition) is 4. The Morgan fingerprint density at radius 2 is 1.85 bits per heavy atom. The van der Waals surface area contributed by atoms with Crippen molar-refractivity contribution < 1.29 is 9.21 Å². The van der Waals surface area contributed by atoms with Gasteiger partial charge in [-0.3, -0.25) is 4.79 Å². The third-order valence-electron chi connectivity index (χ3n) is 4.40. The molecule has 0 saturated carbocycles. The summed E-state index contributed by atoms with van der Waals surface area (Å²) < 4.78 is 5.85. The van der Waals surface area contributed by atoms with Gasteiger partial charge in [0.05, 0.1) is 5.69 Å². The van der Waals surface area contributed by atoms with Crippen molar-refractivity contribution in [2.24, 2.45) is 0 Å². The molecule has 1 aromatic heterocycles. The summed E-state index contributed by atoms with van der Waals surface area (Å²) in [6.45, 7) is 5.98. The predicted molar refractivity (Wildman–Crippen MR) is 110 cm³/mol. The molecule has 1 N–H and O–H groups in total. The Hall–Kier alpha value is -2.53. The van der Waals surface area contributed by atoms with Crippen molar-refractivity contribution >= 4 is 17.7 Å². The number of aryl methyl sites for hydroxylation is 1. The molecule has 0 spiro atoms. The van der Waals surface area contributed by atoms with Gasteiger partial charge in [-0.05, 0) is 56.7 Å². The van der Waals surface area contributed by atoms with Gasteiger partial charge in [0.1, 0.15) is 5.76 Å². The molecule has 4 nitrogen and oxygen atoms in total. The van der Waals surface area contributed by atoms with E-state index in [9.17, 15) is 4.79 Å². The highest BCUT2D eigenvalue weighted by Gasteiger charge is 2.13. The molecular formula is C22H24N2O2S. The molecule has 27 heavy (non-hydrogen) atoms. The average Bonchev–Trinajstić information content (AvgIpc) is 3.07. The zero-order chi connectivity index (χ0) is 19.2. The van der Waals surface area contributed by atoms with Crippen LogP contribution in [0.25, 0.3) is 11.5 Å². The molecule has 0 fully saturated rings. The number of carbonyl (C=O) groups excluding carboxylic acids is 1.